The first-order chi connectivity index (χ1) is 5.33. The van der Waals surface area contributed by atoms with E-state index < -0.39 is 0 Å². The zero-order valence-corrected chi connectivity index (χ0v) is 7.30. The fraction of sp³-hybridized carbons (Fsp3) is 0.250. The van der Waals surface area contributed by atoms with Gasteiger partial charge in [0.05, 0.1) is 0 Å². The molecule has 1 heterocycles. The summed E-state index contributed by atoms with van der Waals surface area (Å²) in [4.78, 5) is 14.1. The Labute approximate surface area is 71.2 Å². The summed E-state index contributed by atoms with van der Waals surface area (Å²) in [6.45, 7) is 1.85. The SMILES string of the molecule is CCl.Cc1cc(C=O)ccn1. The summed E-state index contributed by atoms with van der Waals surface area (Å²) in [6.07, 6.45) is 3.91. The van der Waals surface area contributed by atoms with Crippen LogP contribution in [0.1, 0.15) is 16.1 Å². The van der Waals surface area contributed by atoms with E-state index in [2.05, 4.69) is 16.6 Å². The molecular weight excluding hydrogens is 162 g/mol. The van der Waals surface area contributed by atoms with E-state index in [0.717, 1.165) is 12.0 Å². The average Bonchev–Trinajstić information content (AvgIpc) is 2.08. The number of alkyl halides is 1. The molecule has 2 nitrogen and oxygen atoms in total. The van der Waals surface area contributed by atoms with E-state index in [-0.39, 0.29) is 0 Å². The molecule has 0 saturated heterocycles. The third kappa shape index (κ3) is 3.73. The van der Waals surface area contributed by atoms with Crippen LogP contribution in [0.2, 0.25) is 0 Å². The van der Waals surface area contributed by atoms with Gasteiger partial charge in [-0.2, -0.15) is 0 Å². The molecule has 0 spiro atoms. The molecule has 0 N–H and O–H groups in total. The summed E-state index contributed by atoms with van der Waals surface area (Å²) in [5.41, 5.74) is 1.56. The average molecular weight is 172 g/mol. The van der Waals surface area contributed by atoms with E-state index in [0.29, 0.717) is 5.56 Å². The largest absolute Gasteiger partial charge is 0.298 e. The van der Waals surface area contributed by atoms with Gasteiger partial charge in [0.15, 0.2) is 0 Å². The van der Waals surface area contributed by atoms with Crippen LogP contribution in [0.4, 0.5) is 0 Å². The molecule has 1 rings (SSSR count). The summed E-state index contributed by atoms with van der Waals surface area (Å²) in [5.74, 6) is 0. The number of hydrogen-bond donors (Lipinski definition) is 0. The number of aromatic nitrogens is 1. The number of carbonyl (C=O) groups is 1. The first-order valence-corrected chi connectivity index (χ1v) is 3.84. The second-order valence-electron chi connectivity index (χ2n) is 1.85. The summed E-state index contributed by atoms with van der Waals surface area (Å²) in [6, 6.07) is 3.42. The Morgan fingerprint density at radius 2 is 2.18 bits per heavy atom. The minimum Gasteiger partial charge on any atom is -0.298 e. The number of carbonyl (C=O) groups excluding carboxylic acids is 1. The quantitative estimate of drug-likeness (QED) is 0.478. The van der Waals surface area contributed by atoms with Gasteiger partial charge in [0.2, 0.25) is 0 Å². The van der Waals surface area contributed by atoms with Gasteiger partial charge in [0.25, 0.3) is 0 Å². The van der Waals surface area contributed by atoms with Gasteiger partial charge in [-0.15, -0.1) is 11.6 Å². The normalized spacial score (nSPS) is 7.91. The van der Waals surface area contributed by atoms with Crippen LogP contribution in [-0.4, -0.2) is 17.7 Å². The Balaban J connectivity index is 0.000000461. The van der Waals surface area contributed by atoms with Crippen LogP contribution in [0.25, 0.3) is 0 Å². The lowest BCUT2D eigenvalue weighted by Gasteiger charge is -1.89. The van der Waals surface area contributed by atoms with E-state index in [9.17, 15) is 4.79 Å². The first kappa shape index (κ1) is 10.1. The lowest BCUT2D eigenvalue weighted by atomic mass is 10.2. The van der Waals surface area contributed by atoms with Crippen molar-refractivity contribution in [2.45, 2.75) is 6.92 Å². The molecule has 0 fully saturated rings. The highest BCUT2D eigenvalue weighted by molar-refractivity contribution is 6.15. The maximum Gasteiger partial charge on any atom is 0.150 e. The third-order valence-corrected chi connectivity index (χ3v) is 1.06. The lowest BCUT2D eigenvalue weighted by molar-refractivity contribution is 0.112. The van der Waals surface area contributed by atoms with Crippen LogP contribution < -0.4 is 0 Å². The van der Waals surface area contributed by atoms with Crippen LogP contribution in [-0.2, 0) is 0 Å². The van der Waals surface area contributed by atoms with E-state index >= 15 is 0 Å². The topological polar surface area (TPSA) is 30.0 Å². The smallest absolute Gasteiger partial charge is 0.150 e. The minimum atomic E-state index is 0.683. The van der Waals surface area contributed by atoms with Crippen LogP contribution >= 0.6 is 11.6 Å². The molecule has 0 radical (unpaired) electrons. The Bertz CT molecular complexity index is 225. The third-order valence-electron chi connectivity index (χ3n) is 1.06. The summed E-state index contributed by atoms with van der Waals surface area (Å²) < 4.78 is 0. The predicted molar refractivity (Wildman–Crippen MR) is 46.1 cm³/mol. The van der Waals surface area contributed by atoms with E-state index in [1.807, 2.05) is 6.92 Å². The highest BCUT2D eigenvalue weighted by Gasteiger charge is 1.87. The molecule has 0 aliphatic heterocycles. The van der Waals surface area contributed by atoms with Gasteiger partial charge in [-0.05, 0) is 19.1 Å². The van der Waals surface area contributed by atoms with Crippen LogP contribution in [0, 0.1) is 6.92 Å². The van der Waals surface area contributed by atoms with Crippen molar-refractivity contribution in [1.29, 1.82) is 0 Å². The molecule has 0 aliphatic rings. The molecular formula is C8H10ClNO. The van der Waals surface area contributed by atoms with Crippen molar-refractivity contribution in [3.63, 3.8) is 0 Å². The molecule has 0 saturated carbocycles. The van der Waals surface area contributed by atoms with Crippen molar-refractivity contribution in [1.82, 2.24) is 4.98 Å². The molecule has 0 atom stereocenters. The molecule has 0 bridgehead atoms. The molecule has 0 aromatic carbocycles. The van der Waals surface area contributed by atoms with Gasteiger partial charge < -0.3 is 0 Å². The zero-order chi connectivity index (χ0) is 8.69. The summed E-state index contributed by atoms with van der Waals surface area (Å²) in [5, 5.41) is 0. The van der Waals surface area contributed by atoms with Crippen molar-refractivity contribution >= 4 is 17.9 Å². The number of halogens is 1. The molecule has 0 aliphatic carbocycles. The van der Waals surface area contributed by atoms with Gasteiger partial charge >= 0.3 is 0 Å². The van der Waals surface area contributed by atoms with Gasteiger partial charge in [-0.25, -0.2) is 0 Å². The van der Waals surface area contributed by atoms with E-state index in [1.165, 1.54) is 6.38 Å². The Morgan fingerprint density at radius 1 is 1.55 bits per heavy atom. The number of hydrogen-bond acceptors (Lipinski definition) is 2. The van der Waals surface area contributed by atoms with Crippen LogP contribution in [0.15, 0.2) is 18.3 Å². The molecule has 1 aromatic heterocycles. The zero-order valence-electron chi connectivity index (χ0n) is 6.54. The van der Waals surface area contributed by atoms with E-state index in [4.69, 9.17) is 0 Å². The minimum absolute atomic E-state index is 0.683. The molecule has 0 unspecified atom stereocenters. The fourth-order valence-electron chi connectivity index (χ4n) is 0.641. The monoisotopic (exact) mass is 171 g/mol. The van der Waals surface area contributed by atoms with Crippen LogP contribution in [0.5, 0.6) is 0 Å². The van der Waals surface area contributed by atoms with Crippen molar-refractivity contribution in [3.8, 4) is 0 Å². The molecule has 3 heteroatoms. The maximum absolute atomic E-state index is 10.1. The van der Waals surface area contributed by atoms with E-state index in [1.54, 1.807) is 18.3 Å². The van der Waals surface area contributed by atoms with Gasteiger partial charge in [0, 0.05) is 23.8 Å². The number of aldehydes is 1. The van der Waals surface area contributed by atoms with Crippen molar-refractivity contribution in [2.24, 2.45) is 0 Å². The Hall–Kier alpha value is -0.890. The van der Waals surface area contributed by atoms with Crippen molar-refractivity contribution in [2.75, 3.05) is 6.38 Å². The van der Waals surface area contributed by atoms with Crippen LogP contribution in [0.3, 0.4) is 0 Å². The number of rotatable bonds is 1. The number of nitrogens with zero attached hydrogens (tertiary/aromatic N) is 1. The summed E-state index contributed by atoms with van der Waals surface area (Å²) in [7, 11) is 0. The van der Waals surface area contributed by atoms with Gasteiger partial charge in [0.1, 0.15) is 6.29 Å². The highest BCUT2D eigenvalue weighted by atomic mass is 35.5. The second kappa shape index (κ2) is 5.86. The highest BCUT2D eigenvalue weighted by Crippen LogP contribution is 1.95. The second-order valence-corrected chi connectivity index (χ2v) is 1.85. The standard InChI is InChI=1S/C7H7NO.CH3Cl/c1-6-4-7(5-9)2-3-8-6;1-2/h2-5H,1H3;1H3. The molecule has 11 heavy (non-hydrogen) atoms. The van der Waals surface area contributed by atoms with Crippen molar-refractivity contribution in [3.05, 3.63) is 29.6 Å². The number of pyridine rings is 1. The molecule has 1 aromatic rings. The first-order valence-electron chi connectivity index (χ1n) is 3.08. The summed E-state index contributed by atoms with van der Waals surface area (Å²) >= 11 is 4.64. The van der Waals surface area contributed by atoms with Gasteiger partial charge in [-0.1, -0.05) is 0 Å². The molecule has 60 valence electrons. The van der Waals surface area contributed by atoms with Gasteiger partial charge in [-0.3, -0.25) is 9.78 Å². The predicted octanol–water partition coefficient (Wildman–Crippen LogP) is 2.06. The van der Waals surface area contributed by atoms with Crippen molar-refractivity contribution < 1.29 is 4.79 Å². The number of aryl methyl sites for hydroxylation is 1. The fourth-order valence-corrected chi connectivity index (χ4v) is 0.641. The Kier molecular flexibility index (Phi) is 5.39. The maximum atomic E-state index is 10.1. The lowest BCUT2D eigenvalue weighted by Crippen LogP contribution is -1.83. The molecule has 0 amide bonds. The Morgan fingerprint density at radius 3 is 2.55 bits per heavy atom.